The second-order valence-electron chi connectivity index (χ2n) is 3.36. The summed E-state index contributed by atoms with van der Waals surface area (Å²) in [5.74, 6) is -0.393. The first-order chi connectivity index (χ1) is 9.06. The normalized spacial score (nSPS) is 9.58. The van der Waals surface area contributed by atoms with E-state index in [0.29, 0.717) is 11.8 Å². The molecule has 6 nitrogen and oxygen atoms in total. The standard InChI is InChI=1S/C12H12BrNO5/c1-2-18-12(17)14-11(16)7-19-10-4-3-9(13)5-8(10)6-15/h3-6H,2,7H2,1H3,(H,14,16,17). The van der Waals surface area contributed by atoms with Crippen LogP contribution in [-0.2, 0) is 9.53 Å². The molecule has 0 heterocycles. The fraction of sp³-hybridized carbons (Fsp3) is 0.250. The second kappa shape index (κ2) is 7.52. The molecule has 0 bridgehead atoms. The van der Waals surface area contributed by atoms with Crippen molar-refractivity contribution in [3.05, 3.63) is 28.2 Å². The molecule has 0 fully saturated rings. The van der Waals surface area contributed by atoms with Crippen LogP contribution in [0.5, 0.6) is 5.75 Å². The number of benzene rings is 1. The Morgan fingerprint density at radius 1 is 1.42 bits per heavy atom. The van der Waals surface area contributed by atoms with E-state index in [9.17, 15) is 14.4 Å². The van der Waals surface area contributed by atoms with Gasteiger partial charge in [0.05, 0.1) is 12.2 Å². The van der Waals surface area contributed by atoms with Gasteiger partial charge < -0.3 is 9.47 Å². The van der Waals surface area contributed by atoms with E-state index in [0.717, 1.165) is 4.47 Å². The van der Waals surface area contributed by atoms with E-state index in [1.54, 1.807) is 25.1 Å². The summed E-state index contributed by atoms with van der Waals surface area (Å²) in [5.41, 5.74) is 0.304. The van der Waals surface area contributed by atoms with E-state index < -0.39 is 12.0 Å². The maximum absolute atomic E-state index is 11.3. The summed E-state index contributed by atoms with van der Waals surface area (Å²) in [6, 6.07) is 4.78. The predicted molar refractivity (Wildman–Crippen MR) is 70.2 cm³/mol. The zero-order valence-corrected chi connectivity index (χ0v) is 11.7. The van der Waals surface area contributed by atoms with E-state index in [4.69, 9.17) is 4.74 Å². The van der Waals surface area contributed by atoms with Gasteiger partial charge in [-0.2, -0.15) is 0 Å². The average Bonchev–Trinajstić information content (AvgIpc) is 2.37. The molecule has 1 aromatic carbocycles. The summed E-state index contributed by atoms with van der Waals surface area (Å²) < 4.78 is 10.4. The van der Waals surface area contributed by atoms with Gasteiger partial charge in [0.25, 0.3) is 5.91 Å². The van der Waals surface area contributed by atoms with Crippen molar-refractivity contribution < 1.29 is 23.9 Å². The number of nitrogens with one attached hydrogen (secondary N) is 1. The lowest BCUT2D eigenvalue weighted by atomic mass is 10.2. The van der Waals surface area contributed by atoms with Crippen LogP contribution in [0.2, 0.25) is 0 Å². The van der Waals surface area contributed by atoms with E-state index in [1.165, 1.54) is 0 Å². The first kappa shape index (κ1) is 15.2. The van der Waals surface area contributed by atoms with E-state index >= 15 is 0 Å². The fourth-order valence-electron chi connectivity index (χ4n) is 1.20. The molecular formula is C12H12BrNO5. The Kier molecular flexibility index (Phi) is 6.01. The Bertz CT molecular complexity index is 489. The van der Waals surface area contributed by atoms with Crippen LogP contribution in [0.1, 0.15) is 17.3 Å². The number of halogens is 1. The monoisotopic (exact) mass is 329 g/mol. The quantitative estimate of drug-likeness (QED) is 0.834. The summed E-state index contributed by atoms with van der Waals surface area (Å²) in [6.45, 7) is 1.40. The Labute approximate surface area is 118 Å². The van der Waals surface area contributed by atoms with Gasteiger partial charge in [0.1, 0.15) is 5.75 Å². The Balaban J connectivity index is 2.55. The van der Waals surface area contributed by atoms with Gasteiger partial charge in [-0.25, -0.2) is 4.79 Å². The van der Waals surface area contributed by atoms with Gasteiger partial charge in [-0.05, 0) is 25.1 Å². The zero-order valence-electron chi connectivity index (χ0n) is 10.1. The molecular weight excluding hydrogens is 318 g/mol. The Hall–Kier alpha value is -1.89. The largest absolute Gasteiger partial charge is 0.483 e. The third-order valence-electron chi connectivity index (χ3n) is 1.97. The highest BCUT2D eigenvalue weighted by Gasteiger charge is 2.10. The molecule has 1 aromatic rings. The van der Waals surface area contributed by atoms with Crippen LogP contribution >= 0.6 is 15.9 Å². The van der Waals surface area contributed by atoms with Crippen molar-refractivity contribution in [2.24, 2.45) is 0 Å². The molecule has 102 valence electrons. The minimum Gasteiger partial charge on any atom is -0.483 e. The predicted octanol–water partition coefficient (Wildman–Crippen LogP) is 1.91. The maximum atomic E-state index is 11.3. The molecule has 0 atom stereocenters. The number of carbonyl (C=O) groups excluding carboxylic acids is 3. The summed E-state index contributed by atoms with van der Waals surface area (Å²) in [6.07, 6.45) is -0.217. The molecule has 7 heteroatoms. The van der Waals surface area contributed by atoms with Crippen molar-refractivity contribution in [2.75, 3.05) is 13.2 Å². The molecule has 0 aliphatic carbocycles. The van der Waals surface area contributed by atoms with Crippen molar-refractivity contribution >= 4 is 34.2 Å². The molecule has 0 unspecified atom stereocenters. The summed E-state index contributed by atoms with van der Waals surface area (Å²) >= 11 is 3.21. The number of carbonyl (C=O) groups is 3. The van der Waals surface area contributed by atoms with E-state index in [2.05, 4.69) is 20.7 Å². The summed E-state index contributed by atoms with van der Waals surface area (Å²) in [5, 5.41) is 1.98. The maximum Gasteiger partial charge on any atom is 0.413 e. The lowest BCUT2D eigenvalue weighted by molar-refractivity contribution is -0.122. The molecule has 0 saturated carbocycles. The fourth-order valence-corrected chi connectivity index (χ4v) is 1.58. The molecule has 0 radical (unpaired) electrons. The van der Waals surface area contributed by atoms with Crippen LogP contribution in [0, 0.1) is 0 Å². The van der Waals surface area contributed by atoms with Gasteiger partial charge in [-0.3, -0.25) is 14.9 Å². The van der Waals surface area contributed by atoms with Gasteiger partial charge in [0, 0.05) is 4.47 Å². The van der Waals surface area contributed by atoms with Crippen LogP contribution in [0.25, 0.3) is 0 Å². The van der Waals surface area contributed by atoms with Crippen molar-refractivity contribution in [3.8, 4) is 5.75 Å². The third-order valence-corrected chi connectivity index (χ3v) is 2.47. The van der Waals surface area contributed by atoms with Gasteiger partial charge in [0.15, 0.2) is 12.9 Å². The zero-order chi connectivity index (χ0) is 14.3. The topological polar surface area (TPSA) is 81.7 Å². The van der Waals surface area contributed by atoms with Gasteiger partial charge in [-0.15, -0.1) is 0 Å². The number of ether oxygens (including phenoxy) is 2. The molecule has 1 N–H and O–H groups in total. The molecule has 19 heavy (non-hydrogen) atoms. The average molecular weight is 330 g/mol. The summed E-state index contributed by atoms with van der Waals surface area (Å²) in [7, 11) is 0. The molecule has 1 rings (SSSR count). The minimum atomic E-state index is -0.831. The van der Waals surface area contributed by atoms with Crippen LogP contribution in [0.3, 0.4) is 0 Å². The lowest BCUT2D eigenvalue weighted by Gasteiger charge is -2.08. The van der Waals surface area contributed by atoms with Crippen LogP contribution in [0.15, 0.2) is 22.7 Å². The van der Waals surface area contributed by atoms with Crippen molar-refractivity contribution in [2.45, 2.75) is 6.92 Å². The van der Waals surface area contributed by atoms with Crippen molar-refractivity contribution in [1.29, 1.82) is 0 Å². The number of hydrogen-bond donors (Lipinski definition) is 1. The van der Waals surface area contributed by atoms with Gasteiger partial charge >= 0.3 is 6.09 Å². The number of hydrogen-bond acceptors (Lipinski definition) is 5. The number of rotatable bonds is 5. The number of imide groups is 1. The molecule has 0 aromatic heterocycles. The van der Waals surface area contributed by atoms with Crippen LogP contribution in [0.4, 0.5) is 4.79 Å². The highest BCUT2D eigenvalue weighted by atomic mass is 79.9. The highest BCUT2D eigenvalue weighted by Crippen LogP contribution is 2.21. The van der Waals surface area contributed by atoms with Gasteiger partial charge in [0.2, 0.25) is 0 Å². The highest BCUT2D eigenvalue weighted by molar-refractivity contribution is 9.10. The number of alkyl carbamates (subject to hydrolysis) is 1. The SMILES string of the molecule is CCOC(=O)NC(=O)COc1ccc(Br)cc1C=O. The smallest absolute Gasteiger partial charge is 0.413 e. The van der Waals surface area contributed by atoms with Gasteiger partial charge in [-0.1, -0.05) is 15.9 Å². The molecule has 0 aliphatic heterocycles. The Morgan fingerprint density at radius 3 is 2.79 bits per heavy atom. The first-order valence-corrected chi connectivity index (χ1v) is 6.20. The Morgan fingerprint density at radius 2 is 2.16 bits per heavy atom. The first-order valence-electron chi connectivity index (χ1n) is 5.41. The van der Waals surface area contributed by atoms with Crippen LogP contribution in [-0.4, -0.2) is 31.5 Å². The molecule has 0 spiro atoms. The number of aldehydes is 1. The van der Waals surface area contributed by atoms with E-state index in [1.807, 2.05) is 5.32 Å². The summed E-state index contributed by atoms with van der Waals surface area (Å²) in [4.78, 5) is 33.1. The molecule has 0 saturated heterocycles. The van der Waals surface area contributed by atoms with Crippen molar-refractivity contribution in [3.63, 3.8) is 0 Å². The minimum absolute atomic E-state index is 0.169. The lowest BCUT2D eigenvalue weighted by Crippen LogP contribution is -2.34. The van der Waals surface area contributed by atoms with Crippen LogP contribution < -0.4 is 10.1 Å². The molecule has 2 amide bonds. The third kappa shape index (κ3) is 5.09. The number of amides is 2. The second-order valence-corrected chi connectivity index (χ2v) is 4.27. The van der Waals surface area contributed by atoms with Crippen molar-refractivity contribution in [1.82, 2.24) is 5.32 Å². The molecule has 0 aliphatic rings. The van der Waals surface area contributed by atoms with E-state index in [-0.39, 0.29) is 19.0 Å².